The Bertz CT molecular complexity index is 1160. The Hall–Kier alpha value is -3.37. The van der Waals surface area contributed by atoms with E-state index in [0.29, 0.717) is 22.0 Å². The van der Waals surface area contributed by atoms with E-state index in [1.807, 2.05) is 48.5 Å². The number of rotatable bonds is 4. The number of nitrogens with zero attached hydrogens (tertiary/aromatic N) is 1. The molecule has 4 aromatic rings. The minimum Gasteiger partial charge on any atom is -0.497 e. The summed E-state index contributed by atoms with van der Waals surface area (Å²) in [5, 5.41) is 4.31. The Balaban J connectivity index is 1.78. The number of hydrogen-bond donors (Lipinski definition) is 1. The van der Waals surface area contributed by atoms with Crippen LogP contribution in [0.2, 0.25) is 5.02 Å². The quantitative estimate of drug-likeness (QED) is 0.479. The second-order valence-corrected chi connectivity index (χ2v) is 6.64. The van der Waals surface area contributed by atoms with Crippen molar-refractivity contribution < 1.29 is 9.53 Å². The van der Waals surface area contributed by atoms with Crippen LogP contribution < -0.4 is 10.1 Å². The van der Waals surface area contributed by atoms with Gasteiger partial charge in [0.25, 0.3) is 5.91 Å². The van der Waals surface area contributed by atoms with Crippen LogP contribution in [-0.2, 0) is 0 Å². The molecule has 1 aromatic heterocycles. The zero-order chi connectivity index (χ0) is 19.5. The van der Waals surface area contributed by atoms with Gasteiger partial charge in [-0.15, -0.1) is 0 Å². The van der Waals surface area contributed by atoms with Crippen molar-refractivity contribution in [2.75, 3.05) is 12.4 Å². The first-order chi connectivity index (χ1) is 13.7. The van der Waals surface area contributed by atoms with Crippen LogP contribution in [0.15, 0.2) is 78.9 Å². The molecule has 0 saturated carbocycles. The van der Waals surface area contributed by atoms with Gasteiger partial charge in [0.2, 0.25) is 0 Å². The second-order valence-electron chi connectivity index (χ2n) is 6.23. The van der Waals surface area contributed by atoms with Crippen molar-refractivity contribution in [2.45, 2.75) is 0 Å². The van der Waals surface area contributed by atoms with Gasteiger partial charge in [0, 0.05) is 21.7 Å². The predicted molar refractivity (Wildman–Crippen MR) is 113 cm³/mol. The largest absolute Gasteiger partial charge is 0.497 e. The van der Waals surface area contributed by atoms with Crippen LogP contribution in [0.4, 0.5) is 5.69 Å². The molecule has 1 amide bonds. The lowest BCUT2D eigenvalue weighted by Gasteiger charge is -2.11. The summed E-state index contributed by atoms with van der Waals surface area (Å²) in [5.74, 6) is 0.519. The smallest absolute Gasteiger partial charge is 0.256 e. The summed E-state index contributed by atoms with van der Waals surface area (Å²) in [4.78, 5) is 17.7. The molecule has 0 aliphatic carbocycles. The van der Waals surface area contributed by atoms with Crippen molar-refractivity contribution in [1.82, 2.24) is 4.98 Å². The van der Waals surface area contributed by atoms with Crippen molar-refractivity contribution in [3.05, 3.63) is 89.4 Å². The number of benzene rings is 3. The molecule has 3 aromatic carbocycles. The molecule has 0 unspecified atom stereocenters. The minimum absolute atomic E-state index is 0.211. The molecule has 4 rings (SSSR count). The average molecular weight is 389 g/mol. The van der Waals surface area contributed by atoms with Crippen LogP contribution in [0.25, 0.3) is 22.2 Å². The molecule has 138 valence electrons. The molecule has 5 heteroatoms. The van der Waals surface area contributed by atoms with E-state index in [-0.39, 0.29) is 5.91 Å². The molecule has 0 spiro atoms. The Morgan fingerprint density at radius 2 is 1.68 bits per heavy atom. The molecule has 1 heterocycles. The van der Waals surface area contributed by atoms with Crippen molar-refractivity contribution in [2.24, 2.45) is 0 Å². The average Bonchev–Trinajstić information content (AvgIpc) is 2.74. The highest BCUT2D eigenvalue weighted by Crippen LogP contribution is 2.30. The van der Waals surface area contributed by atoms with E-state index >= 15 is 0 Å². The molecule has 1 N–H and O–H groups in total. The molecular weight excluding hydrogens is 372 g/mol. The summed E-state index contributed by atoms with van der Waals surface area (Å²) in [6, 6.07) is 24.0. The van der Waals surface area contributed by atoms with Gasteiger partial charge in [0.15, 0.2) is 0 Å². The van der Waals surface area contributed by atoms with Gasteiger partial charge in [-0.3, -0.25) is 4.79 Å². The Morgan fingerprint density at radius 3 is 2.43 bits per heavy atom. The number of hydrogen-bond acceptors (Lipinski definition) is 3. The number of halogens is 1. The number of nitrogens with one attached hydrogen (secondary N) is 1. The third-order valence-electron chi connectivity index (χ3n) is 4.46. The Kier molecular flexibility index (Phi) is 4.96. The van der Waals surface area contributed by atoms with Gasteiger partial charge in [-0.1, -0.05) is 48.0 Å². The first-order valence-electron chi connectivity index (χ1n) is 8.76. The first-order valence-corrected chi connectivity index (χ1v) is 9.13. The third-order valence-corrected chi connectivity index (χ3v) is 4.79. The van der Waals surface area contributed by atoms with Gasteiger partial charge in [-0.2, -0.15) is 0 Å². The number of amides is 1. The summed E-state index contributed by atoms with van der Waals surface area (Å²) < 4.78 is 5.16. The molecule has 0 bridgehead atoms. The van der Waals surface area contributed by atoms with Gasteiger partial charge in [-0.25, -0.2) is 4.98 Å². The molecule has 0 radical (unpaired) electrons. The maximum absolute atomic E-state index is 13.0. The Labute approximate surface area is 167 Å². The number of carbonyl (C=O) groups excluding carboxylic acids is 1. The fourth-order valence-corrected chi connectivity index (χ4v) is 3.28. The molecule has 28 heavy (non-hydrogen) atoms. The van der Waals surface area contributed by atoms with Crippen LogP contribution in [0.3, 0.4) is 0 Å². The van der Waals surface area contributed by atoms with Crippen LogP contribution >= 0.6 is 11.6 Å². The number of pyridine rings is 1. The summed E-state index contributed by atoms with van der Waals surface area (Å²) in [6.45, 7) is 0. The lowest BCUT2D eigenvalue weighted by Crippen LogP contribution is -2.13. The predicted octanol–water partition coefficient (Wildman–Crippen LogP) is 5.82. The fraction of sp³-hybridized carbons (Fsp3) is 0.0435. The molecular formula is C23H17ClN2O2. The highest BCUT2D eigenvalue weighted by atomic mass is 35.5. The van der Waals surface area contributed by atoms with Crippen molar-refractivity contribution in [3.63, 3.8) is 0 Å². The van der Waals surface area contributed by atoms with Crippen LogP contribution in [0.1, 0.15) is 10.4 Å². The van der Waals surface area contributed by atoms with Crippen LogP contribution in [0, 0.1) is 0 Å². The summed E-state index contributed by atoms with van der Waals surface area (Å²) in [6.07, 6.45) is 0. The van der Waals surface area contributed by atoms with E-state index in [4.69, 9.17) is 21.3 Å². The summed E-state index contributed by atoms with van der Waals surface area (Å²) in [7, 11) is 1.60. The van der Waals surface area contributed by atoms with Crippen molar-refractivity contribution in [3.8, 4) is 17.0 Å². The number of anilines is 1. The van der Waals surface area contributed by atoms with Gasteiger partial charge in [-0.05, 0) is 42.5 Å². The topological polar surface area (TPSA) is 51.2 Å². The number of ether oxygens (including phenoxy) is 1. The molecule has 0 aliphatic rings. The molecule has 0 atom stereocenters. The zero-order valence-corrected chi connectivity index (χ0v) is 15.9. The SMILES string of the molecule is COc1ccc(NC(=O)c2cc(-c3ccccc3Cl)nc3ccccc23)cc1. The van der Waals surface area contributed by atoms with Crippen molar-refractivity contribution in [1.29, 1.82) is 0 Å². The lowest BCUT2D eigenvalue weighted by molar-refractivity contribution is 0.102. The van der Waals surface area contributed by atoms with Crippen molar-refractivity contribution >= 4 is 34.1 Å². The second kappa shape index (κ2) is 7.71. The number of carbonyl (C=O) groups is 1. The fourth-order valence-electron chi connectivity index (χ4n) is 3.04. The number of methoxy groups -OCH3 is 1. The Morgan fingerprint density at radius 1 is 0.964 bits per heavy atom. The zero-order valence-electron chi connectivity index (χ0n) is 15.1. The molecule has 0 fully saturated rings. The minimum atomic E-state index is -0.211. The van der Waals surface area contributed by atoms with E-state index in [1.54, 1.807) is 37.4 Å². The lowest BCUT2D eigenvalue weighted by atomic mass is 10.0. The monoisotopic (exact) mass is 388 g/mol. The van der Waals surface area contributed by atoms with E-state index in [0.717, 1.165) is 22.2 Å². The standard InChI is InChI=1S/C23H17ClN2O2/c1-28-16-12-10-15(11-13-16)25-23(27)19-14-22(18-7-2-4-8-20(18)24)26-21-9-5-3-6-17(19)21/h2-14H,1H3,(H,25,27). The normalized spacial score (nSPS) is 10.6. The highest BCUT2D eigenvalue weighted by molar-refractivity contribution is 6.33. The third kappa shape index (κ3) is 3.55. The van der Waals surface area contributed by atoms with Gasteiger partial charge in [0.1, 0.15) is 5.75 Å². The maximum Gasteiger partial charge on any atom is 0.256 e. The summed E-state index contributed by atoms with van der Waals surface area (Å²) in [5.41, 5.74) is 3.40. The van der Waals surface area contributed by atoms with Gasteiger partial charge >= 0.3 is 0 Å². The van der Waals surface area contributed by atoms with E-state index < -0.39 is 0 Å². The van der Waals surface area contributed by atoms with Crippen LogP contribution in [0.5, 0.6) is 5.75 Å². The number of para-hydroxylation sites is 1. The van der Waals surface area contributed by atoms with Gasteiger partial charge in [0.05, 0.1) is 23.9 Å². The molecule has 4 nitrogen and oxygen atoms in total. The first kappa shape index (κ1) is 18.0. The summed E-state index contributed by atoms with van der Waals surface area (Å²) >= 11 is 6.35. The van der Waals surface area contributed by atoms with E-state index in [2.05, 4.69) is 5.32 Å². The molecule has 0 aliphatic heterocycles. The number of fused-ring (bicyclic) bond motifs is 1. The van der Waals surface area contributed by atoms with E-state index in [9.17, 15) is 4.79 Å². The molecule has 0 saturated heterocycles. The maximum atomic E-state index is 13.0. The van der Waals surface area contributed by atoms with E-state index in [1.165, 1.54) is 0 Å². The number of aromatic nitrogens is 1. The van der Waals surface area contributed by atoms with Gasteiger partial charge < -0.3 is 10.1 Å². The van der Waals surface area contributed by atoms with Crippen LogP contribution in [-0.4, -0.2) is 18.0 Å². The highest BCUT2D eigenvalue weighted by Gasteiger charge is 2.15.